The standard InChI is InChI=1S/C12H19N3O2S/c1-4-17-12(16)9-10(13)14-18-11(9)15-5-7(2)8(3)6-15/h7-8H,4-6H2,1-3H3,(H2,13,14). The van der Waals surface area contributed by atoms with Crippen LogP contribution in [-0.4, -0.2) is 30.0 Å². The lowest BCUT2D eigenvalue weighted by molar-refractivity contribution is 0.0528. The van der Waals surface area contributed by atoms with Gasteiger partial charge >= 0.3 is 5.97 Å². The number of rotatable bonds is 3. The molecule has 0 aliphatic carbocycles. The predicted molar refractivity (Wildman–Crippen MR) is 73.0 cm³/mol. The van der Waals surface area contributed by atoms with Crippen molar-refractivity contribution in [3.63, 3.8) is 0 Å². The zero-order valence-corrected chi connectivity index (χ0v) is 11.8. The van der Waals surface area contributed by atoms with Gasteiger partial charge in [-0.2, -0.15) is 4.37 Å². The van der Waals surface area contributed by atoms with Crippen LogP contribution in [0.1, 0.15) is 31.1 Å². The van der Waals surface area contributed by atoms with E-state index in [1.54, 1.807) is 6.92 Å². The van der Waals surface area contributed by atoms with E-state index in [0.717, 1.165) is 18.1 Å². The molecule has 18 heavy (non-hydrogen) atoms. The highest BCUT2D eigenvalue weighted by atomic mass is 32.1. The van der Waals surface area contributed by atoms with Crippen molar-refractivity contribution in [1.29, 1.82) is 0 Å². The summed E-state index contributed by atoms with van der Waals surface area (Å²) in [7, 11) is 0. The third kappa shape index (κ3) is 2.29. The van der Waals surface area contributed by atoms with Gasteiger partial charge in [0, 0.05) is 13.1 Å². The number of nitrogens with two attached hydrogens (primary N) is 1. The molecule has 2 heterocycles. The van der Waals surface area contributed by atoms with Gasteiger partial charge in [0.25, 0.3) is 0 Å². The Kier molecular flexibility index (Phi) is 3.75. The topological polar surface area (TPSA) is 68.5 Å². The summed E-state index contributed by atoms with van der Waals surface area (Å²) in [4.78, 5) is 14.1. The van der Waals surface area contributed by atoms with Crippen LogP contribution < -0.4 is 10.6 Å². The van der Waals surface area contributed by atoms with Gasteiger partial charge < -0.3 is 15.4 Å². The zero-order valence-electron chi connectivity index (χ0n) is 11.0. The number of carbonyl (C=O) groups is 1. The monoisotopic (exact) mass is 269 g/mol. The Bertz CT molecular complexity index is 437. The van der Waals surface area contributed by atoms with Gasteiger partial charge in [-0.25, -0.2) is 4.79 Å². The summed E-state index contributed by atoms with van der Waals surface area (Å²) >= 11 is 1.28. The van der Waals surface area contributed by atoms with Gasteiger partial charge in [-0.05, 0) is 30.3 Å². The van der Waals surface area contributed by atoms with Crippen LogP contribution in [0.25, 0.3) is 0 Å². The molecule has 2 N–H and O–H groups in total. The summed E-state index contributed by atoms with van der Waals surface area (Å²) < 4.78 is 9.13. The summed E-state index contributed by atoms with van der Waals surface area (Å²) in [5, 5.41) is 0.849. The van der Waals surface area contributed by atoms with Gasteiger partial charge in [-0.1, -0.05) is 13.8 Å². The van der Waals surface area contributed by atoms with E-state index in [9.17, 15) is 4.79 Å². The lowest BCUT2D eigenvalue weighted by Crippen LogP contribution is -2.21. The fraction of sp³-hybridized carbons (Fsp3) is 0.667. The SMILES string of the molecule is CCOC(=O)c1c(N)nsc1N1CC(C)C(C)C1. The third-order valence-electron chi connectivity index (χ3n) is 3.46. The fourth-order valence-electron chi connectivity index (χ4n) is 2.20. The molecule has 2 atom stereocenters. The van der Waals surface area contributed by atoms with Crippen molar-refractivity contribution in [2.45, 2.75) is 20.8 Å². The quantitative estimate of drug-likeness (QED) is 0.850. The second-order valence-electron chi connectivity index (χ2n) is 4.83. The molecule has 0 saturated carbocycles. The minimum atomic E-state index is -0.369. The van der Waals surface area contributed by atoms with Crippen LogP contribution >= 0.6 is 11.5 Å². The number of hydrogen-bond donors (Lipinski definition) is 1. The van der Waals surface area contributed by atoms with E-state index < -0.39 is 0 Å². The van der Waals surface area contributed by atoms with Crippen molar-refractivity contribution in [2.75, 3.05) is 30.3 Å². The molecule has 1 aromatic rings. The Morgan fingerprint density at radius 2 is 2.11 bits per heavy atom. The highest BCUT2D eigenvalue weighted by molar-refractivity contribution is 7.11. The minimum absolute atomic E-state index is 0.278. The first-order valence-electron chi connectivity index (χ1n) is 6.21. The number of aromatic nitrogens is 1. The Morgan fingerprint density at radius 1 is 1.50 bits per heavy atom. The van der Waals surface area contributed by atoms with Gasteiger partial charge in [-0.3, -0.25) is 0 Å². The molecule has 0 amide bonds. The highest BCUT2D eigenvalue weighted by Gasteiger charge is 2.31. The molecule has 1 fully saturated rings. The first-order chi connectivity index (χ1) is 8.54. The summed E-state index contributed by atoms with van der Waals surface area (Å²) in [5.74, 6) is 1.14. The van der Waals surface area contributed by atoms with Crippen molar-refractivity contribution < 1.29 is 9.53 Å². The van der Waals surface area contributed by atoms with Gasteiger partial charge in [0.05, 0.1) is 6.61 Å². The normalized spacial score (nSPS) is 23.4. The van der Waals surface area contributed by atoms with Crippen LogP contribution in [0, 0.1) is 11.8 Å². The van der Waals surface area contributed by atoms with Gasteiger partial charge in [0.2, 0.25) is 0 Å². The van der Waals surface area contributed by atoms with Crippen LogP contribution in [0.2, 0.25) is 0 Å². The van der Waals surface area contributed by atoms with Crippen LogP contribution in [-0.2, 0) is 4.74 Å². The van der Waals surface area contributed by atoms with E-state index in [4.69, 9.17) is 10.5 Å². The molecule has 6 heteroatoms. The maximum Gasteiger partial charge on any atom is 0.345 e. The number of ether oxygens (including phenoxy) is 1. The van der Waals surface area contributed by atoms with Crippen LogP contribution in [0.15, 0.2) is 0 Å². The molecule has 0 aromatic carbocycles. The average Bonchev–Trinajstić information content (AvgIpc) is 2.84. The number of carbonyl (C=O) groups excluding carboxylic acids is 1. The average molecular weight is 269 g/mol. The van der Waals surface area contributed by atoms with Crippen molar-refractivity contribution >= 4 is 28.3 Å². The molecule has 0 bridgehead atoms. The number of esters is 1. The van der Waals surface area contributed by atoms with E-state index in [1.807, 2.05) is 0 Å². The second-order valence-corrected chi connectivity index (χ2v) is 5.58. The van der Waals surface area contributed by atoms with Gasteiger partial charge in [0.15, 0.2) is 5.82 Å². The Labute approximate surface area is 111 Å². The van der Waals surface area contributed by atoms with Crippen molar-refractivity contribution in [3.05, 3.63) is 5.56 Å². The molecule has 1 saturated heterocycles. The lowest BCUT2D eigenvalue weighted by Gasteiger charge is -2.16. The third-order valence-corrected chi connectivity index (χ3v) is 4.38. The van der Waals surface area contributed by atoms with Crippen molar-refractivity contribution in [3.8, 4) is 0 Å². The van der Waals surface area contributed by atoms with E-state index in [-0.39, 0.29) is 11.8 Å². The smallest absolute Gasteiger partial charge is 0.345 e. The minimum Gasteiger partial charge on any atom is -0.462 e. The maximum absolute atomic E-state index is 11.9. The molecule has 2 rings (SSSR count). The number of nitrogens with zero attached hydrogens (tertiary/aromatic N) is 2. The Morgan fingerprint density at radius 3 is 2.67 bits per heavy atom. The van der Waals surface area contributed by atoms with Crippen LogP contribution in [0.4, 0.5) is 10.8 Å². The molecule has 1 aromatic heterocycles. The maximum atomic E-state index is 11.9. The largest absolute Gasteiger partial charge is 0.462 e. The summed E-state index contributed by atoms with van der Waals surface area (Å²) in [5.41, 5.74) is 6.21. The molecule has 0 spiro atoms. The molecular formula is C12H19N3O2S. The molecule has 100 valence electrons. The van der Waals surface area contributed by atoms with Crippen LogP contribution in [0.3, 0.4) is 0 Å². The molecule has 1 aliphatic heterocycles. The number of nitrogen functional groups attached to an aromatic ring is 1. The van der Waals surface area contributed by atoms with Crippen LogP contribution in [0.5, 0.6) is 0 Å². The highest BCUT2D eigenvalue weighted by Crippen LogP contribution is 2.36. The second kappa shape index (κ2) is 5.14. The molecule has 0 radical (unpaired) electrons. The number of hydrogen-bond acceptors (Lipinski definition) is 6. The molecule has 2 unspecified atom stereocenters. The Balaban J connectivity index is 2.26. The van der Waals surface area contributed by atoms with Gasteiger partial charge in [0.1, 0.15) is 10.6 Å². The Hall–Kier alpha value is -1.30. The van der Waals surface area contributed by atoms with E-state index in [0.29, 0.717) is 24.0 Å². The van der Waals surface area contributed by atoms with Crippen molar-refractivity contribution in [2.24, 2.45) is 11.8 Å². The van der Waals surface area contributed by atoms with E-state index in [1.165, 1.54) is 11.5 Å². The van der Waals surface area contributed by atoms with Gasteiger partial charge in [-0.15, -0.1) is 0 Å². The lowest BCUT2D eigenvalue weighted by atomic mass is 10.0. The van der Waals surface area contributed by atoms with Crippen molar-refractivity contribution in [1.82, 2.24) is 4.37 Å². The zero-order chi connectivity index (χ0) is 13.3. The van der Waals surface area contributed by atoms with E-state index in [2.05, 4.69) is 23.1 Å². The molecule has 1 aliphatic rings. The summed E-state index contributed by atoms with van der Waals surface area (Å²) in [6, 6.07) is 0. The number of anilines is 2. The molecule has 5 nitrogen and oxygen atoms in total. The summed E-state index contributed by atoms with van der Waals surface area (Å²) in [6.07, 6.45) is 0. The van der Waals surface area contributed by atoms with E-state index >= 15 is 0 Å². The summed E-state index contributed by atoms with van der Waals surface area (Å²) in [6.45, 7) is 8.45. The predicted octanol–water partition coefficient (Wildman–Crippen LogP) is 1.99. The first-order valence-corrected chi connectivity index (χ1v) is 6.99. The molecular weight excluding hydrogens is 250 g/mol. The fourth-order valence-corrected chi connectivity index (χ4v) is 3.02. The first kappa shape index (κ1) is 13.1.